The van der Waals surface area contributed by atoms with E-state index in [0.717, 1.165) is 5.56 Å². The number of methoxy groups -OCH3 is 1. The molecule has 0 unspecified atom stereocenters. The lowest BCUT2D eigenvalue weighted by Gasteiger charge is -2.13. The van der Waals surface area contributed by atoms with Crippen LogP contribution in [0.4, 0.5) is 5.69 Å². The molecule has 0 aliphatic heterocycles. The summed E-state index contributed by atoms with van der Waals surface area (Å²) in [6, 6.07) is 16.3. The van der Waals surface area contributed by atoms with E-state index in [1.807, 2.05) is 18.2 Å². The molecule has 0 aliphatic rings. The van der Waals surface area contributed by atoms with E-state index in [2.05, 4.69) is 24.5 Å². The summed E-state index contributed by atoms with van der Waals surface area (Å²) in [5, 5.41) is 15.0. The van der Waals surface area contributed by atoms with Gasteiger partial charge in [-0.25, -0.2) is 0 Å². The third-order valence-corrected chi connectivity index (χ3v) is 4.81. The largest absolute Gasteiger partial charge is 0.496 e. The van der Waals surface area contributed by atoms with Gasteiger partial charge in [-0.15, -0.1) is 0 Å². The lowest BCUT2D eigenvalue weighted by Crippen LogP contribution is -2.34. The zero-order valence-electron chi connectivity index (χ0n) is 17.1. The molecule has 0 spiro atoms. The van der Waals surface area contributed by atoms with Gasteiger partial charge in [0.05, 0.1) is 12.7 Å². The van der Waals surface area contributed by atoms with Crippen LogP contribution >= 0.6 is 12.2 Å². The Morgan fingerprint density at radius 1 is 1.13 bits per heavy atom. The molecule has 1 amide bonds. The predicted molar refractivity (Wildman–Crippen MR) is 121 cm³/mol. The fourth-order valence-corrected chi connectivity index (χ4v) is 3.15. The second-order valence-corrected chi connectivity index (χ2v) is 7.43. The number of anilines is 1. The van der Waals surface area contributed by atoms with Crippen molar-refractivity contribution >= 4 is 28.9 Å². The van der Waals surface area contributed by atoms with Crippen molar-refractivity contribution in [3.63, 3.8) is 0 Å². The van der Waals surface area contributed by atoms with E-state index in [9.17, 15) is 9.90 Å². The highest BCUT2D eigenvalue weighted by Gasteiger charge is 2.13. The predicted octanol–water partition coefficient (Wildman–Crippen LogP) is 4.70. The van der Waals surface area contributed by atoms with Crippen LogP contribution in [0.2, 0.25) is 0 Å². The fourth-order valence-electron chi connectivity index (χ4n) is 2.94. The number of amides is 1. The zero-order valence-corrected chi connectivity index (χ0v) is 17.9. The van der Waals surface area contributed by atoms with Crippen molar-refractivity contribution in [2.75, 3.05) is 12.4 Å². The molecule has 0 fully saturated rings. The minimum atomic E-state index is -0.279. The summed E-state index contributed by atoms with van der Waals surface area (Å²) in [5.74, 6) is 1.75. The van der Waals surface area contributed by atoms with Crippen LogP contribution in [0.3, 0.4) is 0 Å². The van der Waals surface area contributed by atoms with E-state index in [4.69, 9.17) is 21.4 Å². The number of hydrogen-bond acceptors (Lipinski definition) is 5. The highest BCUT2D eigenvalue weighted by Crippen LogP contribution is 2.33. The number of furan rings is 1. The lowest BCUT2D eigenvalue weighted by molar-refractivity contribution is 0.0977. The molecule has 0 bridgehead atoms. The van der Waals surface area contributed by atoms with Crippen LogP contribution in [0.15, 0.2) is 59.0 Å². The van der Waals surface area contributed by atoms with E-state index < -0.39 is 0 Å². The monoisotopic (exact) mass is 424 g/mol. The van der Waals surface area contributed by atoms with Crippen molar-refractivity contribution < 1.29 is 19.1 Å². The van der Waals surface area contributed by atoms with Crippen molar-refractivity contribution in [3.05, 3.63) is 71.5 Å². The quantitative estimate of drug-likeness (QED) is 0.498. The van der Waals surface area contributed by atoms with E-state index in [1.165, 1.54) is 5.56 Å². The first kappa shape index (κ1) is 21.5. The Morgan fingerprint density at radius 2 is 1.87 bits per heavy atom. The third kappa shape index (κ3) is 5.06. The third-order valence-electron chi connectivity index (χ3n) is 4.61. The number of aliphatic hydroxyl groups is 1. The van der Waals surface area contributed by atoms with Crippen molar-refractivity contribution in [1.82, 2.24) is 5.32 Å². The molecular formula is C23H24N2O4S. The maximum Gasteiger partial charge on any atom is 0.257 e. The summed E-state index contributed by atoms with van der Waals surface area (Å²) in [4.78, 5) is 12.4. The molecule has 1 aromatic heterocycles. The van der Waals surface area contributed by atoms with Crippen molar-refractivity contribution in [2.45, 2.75) is 26.4 Å². The van der Waals surface area contributed by atoms with Gasteiger partial charge in [0.2, 0.25) is 0 Å². The zero-order chi connectivity index (χ0) is 21.7. The SMILES string of the molecule is COc1cc(NC(=S)NC(=O)c2ccc(C(C)C)cc2)ccc1-c1ccc(CO)o1. The average Bonchev–Trinajstić information content (AvgIpc) is 3.22. The molecule has 0 atom stereocenters. The van der Waals surface area contributed by atoms with Crippen molar-refractivity contribution in [2.24, 2.45) is 0 Å². The molecule has 6 nitrogen and oxygen atoms in total. The molecule has 3 rings (SSSR count). The number of rotatable bonds is 6. The van der Waals surface area contributed by atoms with E-state index in [0.29, 0.717) is 34.4 Å². The van der Waals surface area contributed by atoms with Gasteiger partial charge in [0.1, 0.15) is 23.9 Å². The summed E-state index contributed by atoms with van der Waals surface area (Å²) < 4.78 is 11.0. The number of thiocarbonyl (C=S) groups is 1. The average molecular weight is 425 g/mol. The first-order valence-corrected chi connectivity index (χ1v) is 9.92. The summed E-state index contributed by atoms with van der Waals surface area (Å²) in [6.45, 7) is 4.03. The van der Waals surface area contributed by atoms with Crippen LogP contribution in [0.25, 0.3) is 11.3 Å². The maximum atomic E-state index is 12.4. The van der Waals surface area contributed by atoms with Crippen LogP contribution in [0.5, 0.6) is 5.75 Å². The van der Waals surface area contributed by atoms with E-state index in [1.54, 1.807) is 43.5 Å². The van der Waals surface area contributed by atoms with Gasteiger partial charge in [-0.3, -0.25) is 10.1 Å². The van der Waals surface area contributed by atoms with E-state index >= 15 is 0 Å². The first-order valence-electron chi connectivity index (χ1n) is 9.51. The molecule has 1 heterocycles. The molecule has 30 heavy (non-hydrogen) atoms. The smallest absolute Gasteiger partial charge is 0.257 e. The topological polar surface area (TPSA) is 83.7 Å². The summed E-state index contributed by atoms with van der Waals surface area (Å²) in [5.41, 5.74) is 3.10. The number of carbonyl (C=O) groups excluding carboxylic acids is 1. The molecule has 7 heteroatoms. The number of aliphatic hydroxyl groups excluding tert-OH is 1. The minimum absolute atomic E-state index is 0.171. The highest BCUT2D eigenvalue weighted by atomic mass is 32.1. The standard InChI is InChI=1S/C23H24N2O4S/c1-14(2)15-4-6-16(7-5-15)22(27)25-23(30)24-17-8-10-19(21(12-17)28-3)20-11-9-18(13-26)29-20/h4-12,14,26H,13H2,1-3H3,(H2,24,25,27,30). The van der Waals surface area contributed by atoms with Crippen molar-refractivity contribution in [1.29, 1.82) is 0 Å². The normalized spacial score (nSPS) is 10.7. The molecule has 0 aliphatic carbocycles. The van der Waals surface area contributed by atoms with Crippen LogP contribution in [0.1, 0.15) is 41.4 Å². The number of nitrogens with one attached hydrogen (secondary N) is 2. The van der Waals surface area contributed by atoms with Gasteiger partial charge in [0.15, 0.2) is 5.11 Å². The van der Waals surface area contributed by atoms with Gasteiger partial charge in [-0.2, -0.15) is 0 Å². The Kier molecular flexibility index (Phi) is 6.87. The van der Waals surface area contributed by atoms with Gasteiger partial charge in [-0.05, 0) is 60.1 Å². The molecule has 156 valence electrons. The summed E-state index contributed by atoms with van der Waals surface area (Å²) >= 11 is 5.27. The molecule has 0 saturated heterocycles. The number of ether oxygens (including phenoxy) is 1. The Balaban J connectivity index is 1.68. The van der Waals surface area contributed by atoms with Gasteiger partial charge in [-0.1, -0.05) is 26.0 Å². The van der Waals surface area contributed by atoms with Gasteiger partial charge >= 0.3 is 0 Å². The van der Waals surface area contributed by atoms with Gasteiger partial charge in [0.25, 0.3) is 5.91 Å². The highest BCUT2D eigenvalue weighted by molar-refractivity contribution is 7.80. The number of benzene rings is 2. The Morgan fingerprint density at radius 3 is 2.47 bits per heavy atom. The second-order valence-electron chi connectivity index (χ2n) is 7.02. The minimum Gasteiger partial charge on any atom is -0.496 e. The summed E-state index contributed by atoms with van der Waals surface area (Å²) in [6.07, 6.45) is 0. The Hall–Kier alpha value is -3.16. The number of hydrogen-bond donors (Lipinski definition) is 3. The number of carbonyl (C=O) groups is 1. The molecule has 3 aromatic rings. The second kappa shape index (κ2) is 9.56. The van der Waals surface area contributed by atoms with Crippen LogP contribution in [-0.4, -0.2) is 23.2 Å². The summed E-state index contributed by atoms with van der Waals surface area (Å²) in [7, 11) is 1.55. The molecule has 0 saturated carbocycles. The lowest BCUT2D eigenvalue weighted by atomic mass is 10.0. The van der Waals surface area contributed by atoms with Crippen LogP contribution in [-0.2, 0) is 6.61 Å². The van der Waals surface area contributed by atoms with Crippen LogP contribution < -0.4 is 15.4 Å². The van der Waals surface area contributed by atoms with E-state index in [-0.39, 0.29) is 17.6 Å². The molecule has 3 N–H and O–H groups in total. The maximum absolute atomic E-state index is 12.4. The molecule has 2 aromatic carbocycles. The van der Waals surface area contributed by atoms with Gasteiger partial charge in [0, 0.05) is 17.3 Å². The Bertz CT molecular complexity index is 1040. The molecule has 0 radical (unpaired) electrons. The van der Waals surface area contributed by atoms with Crippen LogP contribution in [0, 0.1) is 0 Å². The molecular weight excluding hydrogens is 400 g/mol. The Labute approximate surface area is 180 Å². The van der Waals surface area contributed by atoms with Crippen molar-refractivity contribution in [3.8, 4) is 17.1 Å². The van der Waals surface area contributed by atoms with Gasteiger partial charge < -0.3 is 19.6 Å². The fraction of sp³-hybridized carbons (Fsp3) is 0.217. The first-order chi connectivity index (χ1) is 14.4.